The van der Waals surface area contributed by atoms with Crippen molar-refractivity contribution < 1.29 is 19.4 Å². The van der Waals surface area contributed by atoms with Gasteiger partial charge in [0.2, 0.25) is 0 Å². The first-order valence-corrected chi connectivity index (χ1v) is 6.61. The van der Waals surface area contributed by atoms with Crippen LogP contribution >= 0.6 is 0 Å². The van der Waals surface area contributed by atoms with E-state index in [1.807, 2.05) is 19.1 Å². The smallest absolute Gasteiger partial charge is 0.329 e. The SMILES string of the molecule is COc1ccc(CN2CC(C)(OCC(=O)O)C2)cc1C#N. The van der Waals surface area contributed by atoms with Gasteiger partial charge >= 0.3 is 5.97 Å². The highest BCUT2D eigenvalue weighted by Gasteiger charge is 2.39. The maximum Gasteiger partial charge on any atom is 0.329 e. The molecule has 0 unspecified atom stereocenters. The summed E-state index contributed by atoms with van der Waals surface area (Å²) in [6.45, 7) is 3.68. The summed E-state index contributed by atoms with van der Waals surface area (Å²) in [7, 11) is 1.54. The third-order valence-corrected chi connectivity index (χ3v) is 3.45. The Morgan fingerprint density at radius 3 is 2.81 bits per heavy atom. The van der Waals surface area contributed by atoms with Gasteiger partial charge in [-0.1, -0.05) is 6.07 Å². The molecule has 0 saturated carbocycles. The fraction of sp³-hybridized carbons (Fsp3) is 0.467. The molecule has 1 aliphatic heterocycles. The van der Waals surface area contributed by atoms with Gasteiger partial charge in [0.1, 0.15) is 18.4 Å². The number of ether oxygens (including phenoxy) is 2. The zero-order valence-electron chi connectivity index (χ0n) is 12.1. The van der Waals surface area contributed by atoms with E-state index < -0.39 is 11.6 Å². The van der Waals surface area contributed by atoms with Gasteiger partial charge in [-0.3, -0.25) is 4.90 Å². The summed E-state index contributed by atoms with van der Waals surface area (Å²) in [6.07, 6.45) is 0. The first-order chi connectivity index (χ1) is 9.95. The second-order valence-electron chi connectivity index (χ2n) is 5.42. The van der Waals surface area contributed by atoms with Crippen molar-refractivity contribution in [3.05, 3.63) is 29.3 Å². The first-order valence-electron chi connectivity index (χ1n) is 6.61. The highest BCUT2D eigenvalue weighted by atomic mass is 16.5. The number of aliphatic carboxylic acids is 1. The molecule has 6 nitrogen and oxygen atoms in total. The second-order valence-corrected chi connectivity index (χ2v) is 5.42. The maximum absolute atomic E-state index is 10.5. The van der Waals surface area contributed by atoms with Gasteiger partial charge in [-0.25, -0.2) is 4.79 Å². The summed E-state index contributed by atoms with van der Waals surface area (Å²) in [5.41, 5.74) is 1.14. The van der Waals surface area contributed by atoms with Crippen LogP contribution in [-0.4, -0.2) is 48.4 Å². The average molecular weight is 290 g/mol. The third kappa shape index (κ3) is 3.72. The lowest BCUT2D eigenvalue weighted by Crippen LogP contribution is -2.61. The van der Waals surface area contributed by atoms with E-state index in [1.165, 1.54) is 7.11 Å². The lowest BCUT2D eigenvalue weighted by Gasteiger charge is -2.47. The van der Waals surface area contributed by atoms with E-state index in [-0.39, 0.29) is 6.61 Å². The molecule has 0 spiro atoms. The second kappa shape index (κ2) is 6.12. The Morgan fingerprint density at radius 1 is 1.52 bits per heavy atom. The van der Waals surface area contributed by atoms with Crippen LogP contribution in [0.5, 0.6) is 5.75 Å². The summed E-state index contributed by atoms with van der Waals surface area (Å²) in [6, 6.07) is 7.63. The van der Waals surface area contributed by atoms with Gasteiger partial charge in [0.05, 0.1) is 18.3 Å². The summed E-state index contributed by atoms with van der Waals surface area (Å²) < 4.78 is 10.5. The van der Waals surface area contributed by atoms with Crippen molar-refractivity contribution in [1.29, 1.82) is 5.26 Å². The van der Waals surface area contributed by atoms with E-state index in [0.717, 1.165) is 5.56 Å². The number of methoxy groups -OCH3 is 1. The van der Waals surface area contributed by atoms with E-state index in [9.17, 15) is 4.79 Å². The number of nitrogens with zero attached hydrogens (tertiary/aromatic N) is 2. The standard InChI is InChI=1S/C15H18N2O4/c1-15(21-8-14(18)19)9-17(10-15)7-11-3-4-13(20-2)12(5-11)6-16/h3-5H,7-10H2,1-2H3,(H,18,19). The fourth-order valence-electron chi connectivity index (χ4n) is 2.54. The Balaban J connectivity index is 1.90. The van der Waals surface area contributed by atoms with Gasteiger partial charge in [-0.05, 0) is 24.6 Å². The van der Waals surface area contributed by atoms with Crippen LogP contribution in [-0.2, 0) is 16.1 Å². The van der Waals surface area contributed by atoms with E-state index in [2.05, 4.69) is 11.0 Å². The van der Waals surface area contributed by atoms with Gasteiger partial charge in [0.15, 0.2) is 0 Å². The number of hydrogen-bond donors (Lipinski definition) is 1. The van der Waals surface area contributed by atoms with Crippen molar-refractivity contribution >= 4 is 5.97 Å². The third-order valence-electron chi connectivity index (χ3n) is 3.45. The lowest BCUT2D eigenvalue weighted by atomic mass is 9.95. The normalized spacial score (nSPS) is 16.8. The summed E-state index contributed by atoms with van der Waals surface area (Å²) in [4.78, 5) is 12.7. The van der Waals surface area contributed by atoms with E-state index in [1.54, 1.807) is 6.07 Å². The average Bonchev–Trinajstić information content (AvgIpc) is 2.43. The largest absolute Gasteiger partial charge is 0.495 e. The molecule has 0 aliphatic carbocycles. The quantitative estimate of drug-likeness (QED) is 0.848. The number of carboxylic acid groups (broad SMARTS) is 1. The molecule has 1 aromatic rings. The minimum atomic E-state index is -0.955. The van der Waals surface area contributed by atoms with E-state index >= 15 is 0 Å². The minimum Gasteiger partial charge on any atom is -0.495 e. The highest BCUT2D eigenvalue weighted by molar-refractivity contribution is 5.68. The Hall–Kier alpha value is -2.10. The summed E-state index contributed by atoms with van der Waals surface area (Å²) >= 11 is 0. The zero-order chi connectivity index (χ0) is 15.5. The van der Waals surface area contributed by atoms with E-state index in [0.29, 0.717) is 30.9 Å². The number of rotatable bonds is 6. The topological polar surface area (TPSA) is 82.8 Å². The molecule has 2 rings (SSSR count). The molecular weight excluding hydrogens is 272 g/mol. The van der Waals surface area contributed by atoms with Crippen molar-refractivity contribution in [2.45, 2.75) is 19.1 Å². The number of hydrogen-bond acceptors (Lipinski definition) is 5. The van der Waals surface area contributed by atoms with Gasteiger partial charge in [0, 0.05) is 19.6 Å². The van der Waals surface area contributed by atoms with Crippen LogP contribution in [0.3, 0.4) is 0 Å². The molecule has 1 saturated heterocycles. The lowest BCUT2D eigenvalue weighted by molar-refractivity contribution is -0.165. The molecule has 0 bridgehead atoms. The van der Waals surface area contributed by atoms with Crippen LogP contribution in [0.4, 0.5) is 0 Å². The molecule has 1 fully saturated rings. The van der Waals surface area contributed by atoms with Crippen LogP contribution in [0, 0.1) is 11.3 Å². The van der Waals surface area contributed by atoms with Crippen LogP contribution in [0.15, 0.2) is 18.2 Å². The number of nitriles is 1. The van der Waals surface area contributed by atoms with Crippen molar-refractivity contribution in [2.24, 2.45) is 0 Å². The number of benzene rings is 1. The molecule has 0 aromatic heterocycles. The molecule has 112 valence electrons. The minimum absolute atomic E-state index is 0.272. The van der Waals surface area contributed by atoms with Crippen molar-refractivity contribution in [2.75, 3.05) is 26.8 Å². The first kappa shape index (κ1) is 15.3. The number of carbonyl (C=O) groups is 1. The summed E-state index contributed by atoms with van der Waals surface area (Å²) in [5.74, 6) is -0.386. The Labute approximate surface area is 123 Å². The number of likely N-dealkylation sites (tertiary alicyclic amines) is 1. The number of carboxylic acids is 1. The van der Waals surface area contributed by atoms with E-state index in [4.69, 9.17) is 19.8 Å². The molecule has 1 heterocycles. The fourth-order valence-corrected chi connectivity index (χ4v) is 2.54. The predicted octanol–water partition coefficient (Wildman–Crippen LogP) is 1.24. The van der Waals surface area contributed by atoms with Crippen molar-refractivity contribution in [3.63, 3.8) is 0 Å². The molecule has 0 radical (unpaired) electrons. The van der Waals surface area contributed by atoms with Gasteiger partial charge in [-0.15, -0.1) is 0 Å². The summed E-state index contributed by atoms with van der Waals surface area (Å²) in [5, 5.41) is 17.7. The van der Waals surface area contributed by atoms with Crippen LogP contribution in [0.1, 0.15) is 18.1 Å². The Morgan fingerprint density at radius 2 is 2.24 bits per heavy atom. The van der Waals surface area contributed by atoms with Crippen LogP contribution < -0.4 is 4.74 Å². The molecular formula is C15H18N2O4. The monoisotopic (exact) mass is 290 g/mol. The molecule has 1 aliphatic rings. The van der Waals surface area contributed by atoms with Gasteiger partial charge in [-0.2, -0.15) is 5.26 Å². The molecule has 6 heteroatoms. The predicted molar refractivity (Wildman–Crippen MR) is 75.0 cm³/mol. The molecule has 0 amide bonds. The molecule has 21 heavy (non-hydrogen) atoms. The highest BCUT2D eigenvalue weighted by Crippen LogP contribution is 2.27. The van der Waals surface area contributed by atoms with Gasteiger partial charge in [0.25, 0.3) is 0 Å². The van der Waals surface area contributed by atoms with Crippen LogP contribution in [0.2, 0.25) is 0 Å². The molecule has 1 N–H and O–H groups in total. The molecule has 1 aromatic carbocycles. The van der Waals surface area contributed by atoms with Gasteiger partial charge < -0.3 is 14.6 Å². The van der Waals surface area contributed by atoms with Crippen LogP contribution in [0.25, 0.3) is 0 Å². The Kier molecular flexibility index (Phi) is 4.46. The zero-order valence-corrected chi connectivity index (χ0v) is 12.1. The maximum atomic E-state index is 10.5. The van der Waals surface area contributed by atoms with Crippen molar-refractivity contribution in [1.82, 2.24) is 4.90 Å². The van der Waals surface area contributed by atoms with Crippen molar-refractivity contribution in [3.8, 4) is 11.8 Å². The Bertz CT molecular complexity index is 574. The molecule has 0 atom stereocenters.